The Morgan fingerprint density at radius 1 is 0.852 bits per heavy atom. The first-order valence-electron chi connectivity index (χ1n) is 11.5. The predicted molar refractivity (Wildman–Crippen MR) is 115 cm³/mol. The molecule has 0 aliphatic rings. The first kappa shape index (κ1) is 23.8. The van der Waals surface area contributed by atoms with E-state index in [1.807, 2.05) is 0 Å². The number of rotatable bonds is 16. The Hall–Kier alpha value is -1.25. The van der Waals surface area contributed by atoms with Crippen molar-refractivity contribution < 1.29 is 9.52 Å². The quantitative estimate of drug-likeness (QED) is 0.302. The molecule has 1 atom stereocenters. The van der Waals surface area contributed by atoms with Crippen LogP contribution in [-0.4, -0.2) is 5.11 Å². The van der Waals surface area contributed by atoms with E-state index in [0.717, 1.165) is 25.7 Å². The van der Waals surface area contributed by atoms with Crippen LogP contribution in [0.15, 0.2) is 21.5 Å². The van der Waals surface area contributed by atoms with Crippen LogP contribution in [0.5, 0.6) is 5.75 Å². The van der Waals surface area contributed by atoms with Gasteiger partial charge >= 0.3 is 5.63 Å². The maximum absolute atomic E-state index is 12.2. The molecule has 1 unspecified atom stereocenters. The summed E-state index contributed by atoms with van der Waals surface area (Å²) in [4.78, 5) is 12.2. The molecular formula is C24H42O3. The van der Waals surface area contributed by atoms with Crippen LogP contribution in [0.25, 0.3) is 0 Å². The average Bonchev–Trinajstić information content (AvgIpc) is 2.66. The van der Waals surface area contributed by atoms with E-state index in [4.69, 9.17) is 4.42 Å². The third-order valence-electron chi connectivity index (χ3n) is 6.00. The lowest BCUT2D eigenvalue weighted by molar-refractivity contribution is 0.338. The van der Waals surface area contributed by atoms with E-state index in [1.165, 1.54) is 76.5 Å². The van der Waals surface area contributed by atoms with Gasteiger partial charge in [0.2, 0.25) is 0 Å². The number of hydrogen-bond acceptors (Lipinski definition) is 3. The van der Waals surface area contributed by atoms with Crippen molar-refractivity contribution in [2.24, 2.45) is 5.92 Å². The lowest BCUT2D eigenvalue weighted by Gasteiger charge is -2.25. The fourth-order valence-corrected chi connectivity index (χ4v) is 4.26. The highest BCUT2D eigenvalue weighted by Crippen LogP contribution is 2.36. The van der Waals surface area contributed by atoms with Gasteiger partial charge < -0.3 is 9.52 Å². The summed E-state index contributed by atoms with van der Waals surface area (Å²) in [6.45, 7) is 6.60. The van der Waals surface area contributed by atoms with Crippen LogP contribution in [0.3, 0.4) is 0 Å². The summed E-state index contributed by atoms with van der Waals surface area (Å²) in [6, 6.07) is 1.51. The third-order valence-corrected chi connectivity index (χ3v) is 6.00. The van der Waals surface area contributed by atoms with Gasteiger partial charge in [0.15, 0.2) is 0 Å². The normalized spacial score (nSPS) is 12.6. The summed E-state index contributed by atoms with van der Waals surface area (Å²) in [5.74, 6) is 0.631. The molecule has 0 aromatic carbocycles. The highest BCUT2D eigenvalue weighted by molar-refractivity contribution is 5.31. The second-order valence-electron chi connectivity index (χ2n) is 8.01. The van der Waals surface area contributed by atoms with Gasteiger partial charge in [0.05, 0.1) is 11.8 Å². The Morgan fingerprint density at radius 3 is 1.85 bits per heavy atom. The van der Waals surface area contributed by atoms with Gasteiger partial charge in [-0.25, -0.2) is 4.79 Å². The predicted octanol–water partition coefficient (Wildman–Crippen LogP) is 7.57. The van der Waals surface area contributed by atoms with Gasteiger partial charge in [-0.3, -0.25) is 0 Å². The number of unbranched alkanes of at least 4 members (excludes halogenated alkanes) is 10. The molecule has 0 amide bonds. The molecule has 0 aliphatic carbocycles. The second-order valence-corrected chi connectivity index (χ2v) is 8.01. The van der Waals surface area contributed by atoms with Gasteiger partial charge in [-0.1, -0.05) is 104 Å². The average molecular weight is 379 g/mol. The van der Waals surface area contributed by atoms with Crippen LogP contribution < -0.4 is 5.63 Å². The highest BCUT2D eigenvalue weighted by atomic mass is 16.4. The Morgan fingerprint density at radius 2 is 1.37 bits per heavy atom. The van der Waals surface area contributed by atoms with Crippen LogP contribution in [-0.2, 0) is 0 Å². The van der Waals surface area contributed by atoms with Crippen molar-refractivity contribution in [1.29, 1.82) is 0 Å². The molecule has 156 valence electrons. The SMILES string of the molecule is CCCCCCCCCCCCCC(c1c(O)ccoc1=O)C(CC)CC. The molecule has 0 radical (unpaired) electrons. The highest BCUT2D eigenvalue weighted by Gasteiger charge is 2.26. The minimum atomic E-state index is -0.366. The lowest BCUT2D eigenvalue weighted by Crippen LogP contribution is -2.19. The molecule has 0 saturated carbocycles. The van der Waals surface area contributed by atoms with E-state index in [2.05, 4.69) is 20.8 Å². The monoisotopic (exact) mass is 378 g/mol. The molecule has 1 heterocycles. The molecule has 1 N–H and O–H groups in total. The molecule has 1 aromatic rings. The van der Waals surface area contributed by atoms with Gasteiger partial charge in [0.1, 0.15) is 5.75 Å². The molecule has 0 spiro atoms. The van der Waals surface area contributed by atoms with Crippen molar-refractivity contribution in [2.75, 3.05) is 0 Å². The van der Waals surface area contributed by atoms with E-state index >= 15 is 0 Å². The third kappa shape index (κ3) is 8.99. The van der Waals surface area contributed by atoms with Gasteiger partial charge in [-0.15, -0.1) is 0 Å². The Kier molecular flexibility index (Phi) is 13.0. The molecule has 3 nitrogen and oxygen atoms in total. The maximum atomic E-state index is 12.2. The van der Waals surface area contributed by atoms with E-state index in [9.17, 15) is 9.90 Å². The van der Waals surface area contributed by atoms with Crippen LogP contribution in [0.1, 0.15) is 122 Å². The summed E-state index contributed by atoms with van der Waals surface area (Å²) in [7, 11) is 0. The lowest BCUT2D eigenvalue weighted by atomic mass is 9.79. The minimum absolute atomic E-state index is 0.103. The molecule has 0 fully saturated rings. The van der Waals surface area contributed by atoms with Crippen LogP contribution >= 0.6 is 0 Å². The first-order valence-corrected chi connectivity index (χ1v) is 11.5. The molecular weight excluding hydrogens is 336 g/mol. The van der Waals surface area contributed by atoms with Crippen molar-refractivity contribution in [3.8, 4) is 5.75 Å². The van der Waals surface area contributed by atoms with Crippen LogP contribution in [0.4, 0.5) is 0 Å². The van der Waals surface area contributed by atoms with Crippen molar-refractivity contribution in [3.63, 3.8) is 0 Å². The Labute approximate surface area is 166 Å². The maximum Gasteiger partial charge on any atom is 0.342 e. The fraction of sp³-hybridized carbons (Fsp3) is 0.792. The molecule has 0 bridgehead atoms. The van der Waals surface area contributed by atoms with Crippen molar-refractivity contribution in [2.45, 2.75) is 117 Å². The van der Waals surface area contributed by atoms with Crippen molar-refractivity contribution in [3.05, 3.63) is 28.3 Å². The van der Waals surface area contributed by atoms with Crippen molar-refractivity contribution >= 4 is 0 Å². The number of aromatic hydroxyl groups is 1. The summed E-state index contributed by atoms with van der Waals surface area (Å²) in [6.07, 6.45) is 18.8. The van der Waals surface area contributed by atoms with Crippen LogP contribution in [0.2, 0.25) is 0 Å². The fourth-order valence-electron chi connectivity index (χ4n) is 4.26. The molecule has 1 rings (SSSR count). The van der Waals surface area contributed by atoms with E-state index < -0.39 is 0 Å². The smallest absolute Gasteiger partial charge is 0.342 e. The second kappa shape index (κ2) is 14.8. The summed E-state index contributed by atoms with van der Waals surface area (Å²) < 4.78 is 5.05. The zero-order valence-corrected chi connectivity index (χ0v) is 18.0. The van der Waals surface area contributed by atoms with Gasteiger partial charge in [0, 0.05) is 6.07 Å². The first-order chi connectivity index (χ1) is 13.2. The van der Waals surface area contributed by atoms with Crippen LogP contribution in [0, 0.1) is 5.92 Å². The largest absolute Gasteiger partial charge is 0.507 e. The van der Waals surface area contributed by atoms with Crippen molar-refractivity contribution in [1.82, 2.24) is 0 Å². The Balaban J connectivity index is 2.36. The summed E-state index contributed by atoms with van der Waals surface area (Å²) in [5.41, 5.74) is 0.133. The Bertz CT molecular complexity index is 531. The van der Waals surface area contributed by atoms with E-state index in [-0.39, 0.29) is 17.3 Å². The summed E-state index contributed by atoms with van der Waals surface area (Å²) >= 11 is 0. The molecule has 3 heteroatoms. The zero-order chi connectivity index (χ0) is 19.9. The summed E-state index contributed by atoms with van der Waals surface area (Å²) in [5, 5.41) is 10.2. The molecule has 0 aliphatic heterocycles. The molecule has 0 saturated heterocycles. The van der Waals surface area contributed by atoms with E-state index in [1.54, 1.807) is 0 Å². The van der Waals surface area contributed by atoms with E-state index in [0.29, 0.717) is 11.5 Å². The topological polar surface area (TPSA) is 50.4 Å². The number of hydrogen-bond donors (Lipinski definition) is 1. The van der Waals surface area contributed by atoms with Gasteiger partial charge in [0.25, 0.3) is 0 Å². The standard InChI is InChI=1S/C24H42O3/c1-4-7-8-9-10-11-12-13-14-15-16-17-21(20(5-2)6-3)23-22(25)18-19-27-24(23)26/h18-21,25H,4-17H2,1-3H3. The molecule has 1 aromatic heterocycles. The molecule has 27 heavy (non-hydrogen) atoms. The van der Waals surface area contributed by atoms with Gasteiger partial charge in [-0.2, -0.15) is 0 Å². The van der Waals surface area contributed by atoms with Gasteiger partial charge in [-0.05, 0) is 18.3 Å². The minimum Gasteiger partial charge on any atom is -0.507 e. The zero-order valence-electron chi connectivity index (χ0n) is 18.0.